The number of hydrogen-bond donors (Lipinski definition) is 11. The van der Waals surface area contributed by atoms with Crippen molar-refractivity contribution < 1.29 is 29.1 Å². The Morgan fingerprint density at radius 2 is 1.55 bits per heavy atom. The Morgan fingerprint density at radius 1 is 0.824 bits per heavy atom. The molecule has 5 amide bonds. The molecule has 3 rings (SSSR count). The smallest absolute Gasteiger partial charge is 0.243 e. The summed E-state index contributed by atoms with van der Waals surface area (Å²) >= 11 is 0. The number of carbonyl (C=O) groups is 5. The zero-order valence-corrected chi connectivity index (χ0v) is 29.0. The quantitative estimate of drug-likeness (QED) is 0.0825. The van der Waals surface area contributed by atoms with E-state index in [0.29, 0.717) is 49.9 Å². The molecule has 2 aromatic rings. The van der Waals surface area contributed by atoms with Crippen molar-refractivity contribution in [3.8, 4) is 16.9 Å². The maximum absolute atomic E-state index is 13.9. The van der Waals surface area contributed by atoms with Crippen molar-refractivity contribution in [2.24, 2.45) is 28.7 Å². The summed E-state index contributed by atoms with van der Waals surface area (Å²) in [5.41, 5.74) is 31.7. The molecule has 0 fully saturated rings. The lowest BCUT2D eigenvalue weighted by Gasteiger charge is -2.26. The van der Waals surface area contributed by atoms with Gasteiger partial charge in [-0.2, -0.15) is 0 Å². The first kappa shape index (κ1) is 40.8. The summed E-state index contributed by atoms with van der Waals surface area (Å²) in [5.74, 6) is -2.63. The highest BCUT2D eigenvalue weighted by molar-refractivity contribution is 5.95. The van der Waals surface area contributed by atoms with Gasteiger partial charge in [0.15, 0.2) is 0 Å². The van der Waals surface area contributed by atoms with Crippen molar-refractivity contribution in [3.05, 3.63) is 53.6 Å². The summed E-state index contributed by atoms with van der Waals surface area (Å²) < 4.78 is 0. The lowest BCUT2D eigenvalue weighted by Crippen LogP contribution is -2.58. The molecule has 0 spiro atoms. The van der Waals surface area contributed by atoms with Crippen LogP contribution in [0.25, 0.3) is 11.1 Å². The molecule has 16 N–H and O–H groups in total. The molecule has 0 aromatic heterocycles. The number of fused-ring (bicyclic) bond motifs is 5. The van der Waals surface area contributed by atoms with Gasteiger partial charge in [0.05, 0.1) is 12.1 Å². The Hall–Kier alpha value is -4.61. The van der Waals surface area contributed by atoms with E-state index in [1.165, 1.54) is 6.07 Å². The molecule has 1 heterocycles. The first-order valence-electron chi connectivity index (χ1n) is 17.5. The molecule has 280 valence electrons. The van der Waals surface area contributed by atoms with Crippen LogP contribution in [0, 0.1) is 0 Å². The summed E-state index contributed by atoms with van der Waals surface area (Å²) in [6.07, 6.45) is 2.07. The van der Waals surface area contributed by atoms with Crippen LogP contribution < -0.4 is 55.3 Å². The molecule has 2 aromatic carbocycles. The van der Waals surface area contributed by atoms with E-state index < -0.39 is 53.8 Å². The van der Waals surface area contributed by atoms with Crippen LogP contribution in [0.4, 0.5) is 0 Å². The van der Waals surface area contributed by atoms with Crippen LogP contribution in [0.1, 0.15) is 49.7 Å². The van der Waals surface area contributed by atoms with Crippen LogP contribution in [0.5, 0.6) is 5.75 Å². The Bertz CT molecular complexity index is 1490. The van der Waals surface area contributed by atoms with E-state index in [4.69, 9.17) is 28.7 Å². The normalized spacial score (nSPS) is 19.0. The van der Waals surface area contributed by atoms with Gasteiger partial charge in [-0.3, -0.25) is 24.0 Å². The Balaban J connectivity index is 1.86. The molecule has 0 unspecified atom stereocenters. The lowest BCUT2D eigenvalue weighted by atomic mass is 9.96. The zero-order chi connectivity index (χ0) is 37.3. The Kier molecular flexibility index (Phi) is 16.7. The Labute approximate surface area is 298 Å². The number of hydrogen-bond acceptors (Lipinski definition) is 11. The van der Waals surface area contributed by atoms with Crippen molar-refractivity contribution >= 4 is 29.5 Å². The third-order valence-electron chi connectivity index (χ3n) is 8.62. The Morgan fingerprint density at radius 3 is 2.27 bits per heavy atom. The molecule has 1 aliphatic heterocycles. The minimum absolute atomic E-state index is 0.0147. The number of nitrogens with one attached hydrogen (secondary N) is 5. The topological polar surface area (TPSA) is 296 Å². The molecule has 16 heteroatoms. The van der Waals surface area contributed by atoms with Gasteiger partial charge in [0.2, 0.25) is 29.5 Å². The highest BCUT2D eigenvalue weighted by Gasteiger charge is 2.31. The minimum Gasteiger partial charge on any atom is -0.508 e. The summed E-state index contributed by atoms with van der Waals surface area (Å²) in [5, 5.41) is 24.2. The van der Waals surface area contributed by atoms with Crippen molar-refractivity contribution in [3.63, 3.8) is 0 Å². The number of amides is 5. The van der Waals surface area contributed by atoms with E-state index in [1.54, 1.807) is 12.1 Å². The van der Waals surface area contributed by atoms with E-state index in [1.807, 2.05) is 24.3 Å². The van der Waals surface area contributed by atoms with Crippen LogP contribution in [0.15, 0.2) is 42.5 Å². The number of phenols is 1. The fourth-order valence-electron chi connectivity index (χ4n) is 5.70. The van der Waals surface area contributed by atoms with Gasteiger partial charge < -0.3 is 60.4 Å². The monoisotopic (exact) mass is 710 g/mol. The second kappa shape index (κ2) is 20.9. The van der Waals surface area contributed by atoms with Gasteiger partial charge >= 0.3 is 0 Å². The summed E-state index contributed by atoms with van der Waals surface area (Å²) in [6.45, 7) is 1.36. The average molecular weight is 711 g/mol. The van der Waals surface area contributed by atoms with Gasteiger partial charge in [0, 0.05) is 32.5 Å². The van der Waals surface area contributed by atoms with Gasteiger partial charge in [-0.1, -0.05) is 30.3 Å². The van der Waals surface area contributed by atoms with Gasteiger partial charge in [0.25, 0.3) is 0 Å². The van der Waals surface area contributed by atoms with Crippen molar-refractivity contribution in [1.82, 2.24) is 26.6 Å². The summed E-state index contributed by atoms with van der Waals surface area (Å²) in [7, 11) is 0. The average Bonchev–Trinajstić information content (AvgIpc) is 3.12. The largest absolute Gasteiger partial charge is 0.508 e. The highest BCUT2D eigenvalue weighted by Crippen LogP contribution is 2.28. The van der Waals surface area contributed by atoms with E-state index in [0.717, 1.165) is 11.1 Å². The predicted octanol–water partition coefficient (Wildman–Crippen LogP) is -2.28. The maximum Gasteiger partial charge on any atom is 0.243 e. The minimum atomic E-state index is -1.14. The van der Waals surface area contributed by atoms with Crippen LogP contribution >= 0.6 is 0 Å². The zero-order valence-electron chi connectivity index (χ0n) is 29.0. The van der Waals surface area contributed by atoms with Crippen LogP contribution in [-0.4, -0.2) is 97.6 Å². The SMILES string of the molecule is NCCC[C@H](NC(=O)[C@@H]1Cc2cccc(c2)-c2ccc(O)c(c2)C[C@H](N)C(=O)N[C@@H](CCCN)C(=O)N1)C(=O)NCCC[C@H](N)C(=O)NCCN. The number of phenolic OH excluding ortho intramolecular Hbond substituents is 1. The number of aromatic hydroxyl groups is 1. The second-order valence-corrected chi connectivity index (χ2v) is 12.7. The highest BCUT2D eigenvalue weighted by atomic mass is 16.3. The van der Waals surface area contributed by atoms with Gasteiger partial charge in [0.1, 0.15) is 23.9 Å². The maximum atomic E-state index is 13.9. The fourth-order valence-corrected chi connectivity index (χ4v) is 5.70. The second-order valence-electron chi connectivity index (χ2n) is 12.7. The predicted molar refractivity (Wildman–Crippen MR) is 194 cm³/mol. The number of benzene rings is 2. The number of nitrogens with two attached hydrogens (primary N) is 5. The van der Waals surface area contributed by atoms with Crippen LogP contribution in [0.2, 0.25) is 0 Å². The van der Waals surface area contributed by atoms with Crippen LogP contribution in [0.3, 0.4) is 0 Å². The first-order valence-corrected chi connectivity index (χ1v) is 17.5. The number of rotatable bonds is 16. The molecule has 16 nitrogen and oxygen atoms in total. The van der Waals surface area contributed by atoms with Gasteiger partial charge in [-0.05, 0) is 86.0 Å². The fraction of sp³-hybridized carbons (Fsp3) is 0.514. The molecular weight excluding hydrogens is 656 g/mol. The van der Waals surface area contributed by atoms with Crippen LogP contribution in [-0.2, 0) is 36.8 Å². The molecule has 0 saturated carbocycles. The molecule has 5 atom stereocenters. The summed E-state index contributed by atoms with van der Waals surface area (Å²) in [6, 6.07) is 7.40. The lowest BCUT2D eigenvalue weighted by molar-refractivity contribution is -0.134. The van der Waals surface area contributed by atoms with Crippen molar-refractivity contribution in [1.29, 1.82) is 0 Å². The third kappa shape index (κ3) is 12.9. The number of carbonyl (C=O) groups excluding carboxylic acids is 5. The molecular formula is C35H54N10O6. The summed E-state index contributed by atoms with van der Waals surface area (Å²) in [4.78, 5) is 66.2. The van der Waals surface area contributed by atoms with Crippen molar-refractivity contribution in [2.75, 3.05) is 32.7 Å². The van der Waals surface area contributed by atoms with Crippen molar-refractivity contribution in [2.45, 2.75) is 81.6 Å². The molecule has 0 aliphatic carbocycles. The standard InChI is InChI=1S/C35H54N10O6/c36-12-2-8-27(33(49)41-15-4-7-25(39)31(47)42-16-14-38)44-35(51)29-18-21-5-1-6-22(17-21)23-10-11-30(46)24(19-23)20-26(40)32(48)43-28(9-3-13-37)34(50)45-29/h1,5-6,10-11,17,19,25-29,46H,2-4,7-9,12-16,18,20,36-40H2,(H,41,49)(H,42,47)(H,43,48)(H,44,51)(H,45,50)/t25-,26-,27-,28-,29-/m0/s1. The van der Waals surface area contributed by atoms with Gasteiger partial charge in [-0.15, -0.1) is 0 Å². The van der Waals surface area contributed by atoms with E-state index >= 15 is 0 Å². The molecule has 4 bridgehead atoms. The molecule has 51 heavy (non-hydrogen) atoms. The molecule has 0 saturated heterocycles. The molecule has 1 aliphatic rings. The van der Waals surface area contributed by atoms with E-state index in [2.05, 4.69) is 26.6 Å². The third-order valence-corrected chi connectivity index (χ3v) is 8.62. The van der Waals surface area contributed by atoms with Gasteiger partial charge in [-0.25, -0.2) is 0 Å². The van der Waals surface area contributed by atoms with E-state index in [-0.39, 0.29) is 57.0 Å². The van der Waals surface area contributed by atoms with E-state index in [9.17, 15) is 29.1 Å². The molecule has 0 radical (unpaired) electrons. The first-order chi connectivity index (χ1) is 24.5.